The Hall–Kier alpha value is -0.890. The predicted molar refractivity (Wildman–Crippen MR) is 170 cm³/mol. The zero-order chi connectivity index (χ0) is 28.0. The van der Waals surface area contributed by atoms with Gasteiger partial charge in [0, 0.05) is 7.11 Å². The molecule has 4 rings (SSSR count). The van der Waals surface area contributed by atoms with Crippen molar-refractivity contribution in [2.75, 3.05) is 13.8 Å². The molecule has 1 atom stereocenters. The summed E-state index contributed by atoms with van der Waals surface area (Å²) in [5, 5.41) is 0. The van der Waals surface area contributed by atoms with Crippen LogP contribution in [0.3, 0.4) is 0 Å². The number of aryl methyl sites for hydroxylation is 2. The fourth-order valence-corrected chi connectivity index (χ4v) is 8.97. The van der Waals surface area contributed by atoms with Gasteiger partial charge in [0.25, 0.3) is 0 Å². The maximum atomic E-state index is 12.3. The van der Waals surface area contributed by atoms with Gasteiger partial charge in [0.1, 0.15) is 0 Å². The molecular weight excluding hydrogens is 491 g/mol. The lowest BCUT2D eigenvalue weighted by Gasteiger charge is -2.41. The summed E-state index contributed by atoms with van der Waals surface area (Å²) < 4.78 is 17.7. The average molecular weight is 555 g/mol. The molecule has 1 nitrogen and oxygen atoms in total. The third-order valence-corrected chi connectivity index (χ3v) is 11.8. The molecule has 3 aliphatic carbocycles. The van der Waals surface area contributed by atoms with Crippen LogP contribution in [0.5, 0.6) is 0 Å². The summed E-state index contributed by atoms with van der Waals surface area (Å²) in [6.45, 7) is 2.06. The van der Waals surface area contributed by atoms with E-state index >= 15 is 0 Å². The Morgan fingerprint density at radius 1 is 0.625 bits per heavy atom. The summed E-state index contributed by atoms with van der Waals surface area (Å²) >= 11 is 0. The summed E-state index contributed by atoms with van der Waals surface area (Å²) in [5.41, 5.74) is 3.19. The monoisotopic (exact) mass is 554 g/mol. The topological polar surface area (TPSA) is 9.23 Å². The highest BCUT2D eigenvalue weighted by Gasteiger charge is 2.34. The molecule has 0 spiro atoms. The van der Waals surface area contributed by atoms with E-state index in [4.69, 9.17) is 4.74 Å². The Morgan fingerprint density at radius 3 is 1.62 bits per heavy atom. The summed E-state index contributed by atoms with van der Waals surface area (Å²) in [4.78, 5) is 0. The molecule has 1 aromatic carbocycles. The van der Waals surface area contributed by atoms with E-state index in [1.165, 1.54) is 122 Å². The lowest BCUT2D eigenvalue weighted by molar-refractivity contribution is 0.102. The summed E-state index contributed by atoms with van der Waals surface area (Å²) in [5.74, 6) is 6.06. The van der Waals surface area contributed by atoms with Crippen LogP contribution in [0.25, 0.3) is 0 Å². The average Bonchev–Trinajstić information content (AvgIpc) is 3.01. The molecule has 0 saturated heterocycles. The van der Waals surface area contributed by atoms with Crippen LogP contribution < -0.4 is 0 Å². The van der Waals surface area contributed by atoms with Gasteiger partial charge in [-0.3, -0.25) is 4.39 Å². The van der Waals surface area contributed by atoms with Crippen LogP contribution in [0.4, 0.5) is 4.39 Å². The van der Waals surface area contributed by atoms with Gasteiger partial charge in [-0.1, -0.05) is 75.6 Å². The molecule has 0 aromatic heterocycles. The SMILES string of the molecule is COC(C)CCCc1ccccc1CCC1CCC([C@H]2CC[C@H]([C@H]3CC[C@H](CCCCCCF)CC3)CC2)CC1. The Morgan fingerprint density at radius 2 is 1.10 bits per heavy atom. The normalized spacial score (nSPS) is 30.3. The molecule has 3 aliphatic rings. The van der Waals surface area contributed by atoms with Crippen molar-refractivity contribution in [2.24, 2.45) is 35.5 Å². The molecule has 0 bridgehead atoms. The Kier molecular flexibility index (Phi) is 14.4. The smallest absolute Gasteiger partial charge is 0.0894 e. The van der Waals surface area contributed by atoms with Crippen molar-refractivity contribution in [2.45, 2.75) is 154 Å². The molecule has 0 amide bonds. The molecule has 0 aliphatic heterocycles. The molecular formula is C38H63FO. The van der Waals surface area contributed by atoms with Gasteiger partial charge in [-0.05, 0) is 143 Å². The highest BCUT2D eigenvalue weighted by molar-refractivity contribution is 5.27. The Labute approximate surface area is 247 Å². The van der Waals surface area contributed by atoms with Crippen molar-refractivity contribution in [1.82, 2.24) is 0 Å². The number of hydrogen-bond acceptors (Lipinski definition) is 1. The molecule has 3 saturated carbocycles. The Balaban J connectivity index is 1.09. The zero-order valence-electron chi connectivity index (χ0n) is 26.4. The van der Waals surface area contributed by atoms with Crippen LogP contribution in [0, 0.1) is 35.5 Å². The first-order valence-electron chi connectivity index (χ1n) is 17.8. The maximum absolute atomic E-state index is 12.3. The van der Waals surface area contributed by atoms with Crippen LogP contribution in [0.2, 0.25) is 0 Å². The largest absolute Gasteiger partial charge is 0.382 e. The number of unbranched alkanes of at least 4 members (excludes halogenated alkanes) is 3. The highest BCUT2D eigenvalue weighted by atomic mass is 19.1. The van der Waals surface area contributed by atoms with E-state index in [0.717, 1.165) is 54.8 Å². The van der Waals surface area contributed by atoms with E-state index in [9.17, 15) is 4.39 Å². The first kappa shape index (κ1) is 32.0. The molecule has 1 aromatic rings. The first-order valence-corrected chi connectivity index (χ1v) is 17.8. The van der Waals surface area contributed by atoms with Gasteiger partial charge < -0.3 is 4.74 Å². The van der Waals surface area contributed by atoms with Crippen molar-refractivity contribution < 1.29 is 9.13 Å². The molecule has 2 heteroatoms. The first-order chi connectivity index (χ1) is 19.7. The van der Waals surface area contributed by atoms with Crippen LogP contribution in [0.15, 0.2) is 24.3 Å². The summed E-state index contributed by atoms with van der Waals surface area (Å²) in [7, 11) is 1.83. The molecule has 40 heavy (non-hydrogen) atoms. The zero-order valence-corrected chi connectivity index (χ0v) is 26.4. The van der Waals surface area contributed by atoms with E-state index in [1.54, 1.807) is 11.1 Å². The summed E-state index contributed by atoms with van der Waals surface area (Å²) in [6.07, 6.45) is 30.6. The number of hydrogen-bond donors (Lipinski definition) is 0. The van der Waals surface area contributed by atoms with Crippen LogP contribution in [-0.2, 0) is 17.6 Å². The van der Waals surface area contributed by atoms with E-state index in [1.807, 2.05) is 7.11 Å². The second-order valence-corrected chi connectivity index (χ2v) is 14.4. The predicted octanol–water partition coefficient (Wildman–Crippen LogP) is 11.3. The third kappa shape index (κ3) is 10.4. The standard InChI is InChI=1S/C38H63FO/c1-30(40-2)10-9-14-33-12-6-7-13-34(33)20-17-32-18-23-36(24-19-32)38-27-25-37(26-28-38)35-21-15-31(16-22-35)11-5-3-4-8-29-39/h6-7,12-13,30-32,35-38H,3-5,8-11,14-29H2,1-2H3/t30?,31-,32?,35-,36?,37-,38-. The maximum Gasteiger partial charge on any atom is 0.0894 e. The molecule has 0 radical (unpaired) electrons. The van der Waals surface area contributed by atoms with Crippen LogP contribution >= 0.6 is 0 Å². The fraction of sp³-hybridized carbons (Fsp3) is 0.842. The second kappa shape index (κ2) is 17.9. The minimum Gasteiger partial charge on any atom is -0.382 e. The van der Waals surface area contributed by atoms with Crippen LogP contribution in [0.1, 0.15) is 146 Å². The van der Waals surface area contributed by atoms with Crippen LogP contribution in [-0.4, -0.2) is 19.9 Å². The van der Waals surface area contributed by atoms with E-state index < -0.39 is 0 Å². The van der Waals surface area contributed by atoms with Gasteiger partial charge in [0.15, 0.2) is 0 Å². The molecule has 228 valence electrons. The lowest BCUT2D eigenvalue weighted by Crippen LogP contribution is -2.29. The molecule has 3 fully saturated rings. The van der Waals surface area contributed by atoms with Gasteiger partial charge >= 0.3 is 0 Å². The van der Waals surface area contributed by atoms with Crippen molar-refractivity contribution in [3.8, 4) is 0 Å². The molecule has 0 heterocycles. The fourth-order valence-electron chi connectivity index (χ4n) is 8.97. The van der Waals surface area contributed by atoms with Crippen molar-refractivity contribution >= 4 is 0 Å². The van der Waals surface area contributed by atoms with E-state index in [2.05, 4.69) is 31.2 Å². The number of rotatable bonds is 16. The molecule has 1 unspecified atom stereocenters. The van der Waals surface area contributed by atoms with E-state index in [-0.39, 0.29) is 6.67 Å². The number of alkyl halides is 1. The number of halogens is 1. The van der Waals surface area contributed by atoms with E-state index in [0.29, 0.717) is 6.10 Å². The lowest BCUT2D eigenvalue weighted by atomic mass is 9.64. The van der Waals surface area contributed by atoms with Crippen molar-refractivity contribution in [3.05, 3.63) is 35.4 Å². The number of methoxy groups -OCH3 is 1. The number of ether oxygens (including phenoxy) is 1. The van der Waals surface area contributed by atoms with Gasteiger partial charge in [-0.2, -0.15) is 0 Å². The minimum atomic E-state index is -0.125. The van der Waals surface area contributed by atoms with Gasteiger partial charge in [0.05, 0.1) is 12.8 Å². The third-order valence-electron chi connectivity index (χ3n) is 11.8. The summed E-state index contributed by atoms with van der Waals surface area (Å²) in [6, 6.07) is 9.23. The van der Waals surface area contributed by atoms with Gasteiger partial charge in [-0.15, -0.1) is 0 Å². The van der Waals surface area contributed by atoms with Crippen molar-refractivity contribution in [1.29, 1.82) is 0 Å². The van der Waals surface area contributed by atoms with Crippen molar-refractivity contribution in [3.63, 3.8) is 0 Å². The van der Waals surface area contributed by atoms with Gasteiger partial charge in [-0.25, -0.2) is 0 Å². The minimum absolute atomic E-state index is 0.125. The molecule has 0 N–H and O–H groups in total. The number of benzene rings is 1. The van der Waals surface area contributed by atoms with Gasteiger partial charge in [0.2, 0.25) is 0 Å². The Bertz CT molecular complexity index is 782. The second-order valence-electron chi connectivity index (χ2n) is 14.4. The quantitative estimate of drug-likeness (QED) is 0.185. The highest BCUT2D eigenvalue weighted by Crippen LogP contribution is 2.46.